The van der Waals surface area contributed by atoms with E-state index in [4.69, 9.17) is 0 Å². The maximum Gasteiger partial charge on any atom is 0.126 e. The molecule has 0 saturated heterocycles. The largest absolute Gasteiger partial charge is 0.336 e. The van der Waals surface area contributed by atoms with Crippen molar-refractivity contribution >= 4 is 0 Å². The van der Waals surface area contributed by atoms with Crippen molar-refractivity contribution in [1.82, 2.24) is 29.9 Å². The van der Waals surface area contributed by atoms with E-state index < -0.39 is 0 Å². The molecule has 0 unspecified atom stereocenters. The average molecular weight is 374 g/mol. The number of nitrogens with zero attached hydrogens (tertiary/aromatic N) is 5. The molecule has 0 spiro atoms. The van der Waals surface area contributed by atoms with Gasteiger partial charge < -0.3 is 4.57 Å². The minimum atomic E-state index is -0.0875. The van der Waals surface area contributed by atoms with Gasteiger partial charge in [0.25, 0.3) is 0 Å². The fourth-order valence-electron chi connectivity index (χ4n) is 4.00. The summed E-state index contributed by atoms with van der Waals surface area (Å²) in [5.74, 6) is 0.223. The highest BCUT2D eigenvalue weighted by molar-refractivity contribution is 5.67. The van der Waals surface area contributed by atoms with Gasteiger partial charge in [-0.2, -0.15) is 0 Å². The number of imidazole rings is 1. The molecule has 7 heteroatoms. The molecule has 0 amide bonds. The van der Waals surface area contributed by atoms with Crippen LogP contribution in [-0.2, 0) is 13.0 Å². The topological polar surface area (TPSA) is 72.3 Å². The smallest absolute Gasteiger partial charge is 0.126 e. The van der Waals surface area contributed by atoms with Crippen LogP contribution in [0.4, 0.5) is 4.39 Å². The SMILES string of the molecule is Cc1[nH]nnc1-c1ccnc(-c2cn(C[C@@H]3CCc4c(F)cccc43)cn2)c1. The number of hydrogen-bond acceptors (Lipinski definition) is 4. The normalized spacial score (nSPS) is 15.7. The summed E-state index contributed by atoms with van der Waals surface area (Å²) in [6.45, 7) is 2.72. The van der Waals surface area contributed by atoms with Crippen LogP contribution in [0.3, 0.4) is 0 Å². The molecular weight excluding hydrogens is 355 g/mol. The number of nitrogens with one attached hydrogen (secondary N) is 1. The zero-order valence-electron chi connectivity index (χ0n) is 15.4. The lowest BCUT2D eigenvalue weighted by Gasteiger charge is -2.12. The Morgan fingerprint density at radius 2 is 2.14 bits per heavy atom. The number of fused-ring (bicyclic) bond motifs is 1. The Balaban J connectivity index is 1.39. The van der Waals surface area contributed by atoms with Gasteiger partial charge in [-0.3, -0.25) is 10.1 Å². The van der Waals surface area contributed by atoms with Crippen molar-refractivity contribution in [2.45, 2.75) is 32.2 Å². The standard InChI is InChI=1S/C21H19FN6/c1-13-21(26-27-25-13)14-7-8-23-19(9-14)20-11-28(12-24-20)10-15-5-6-17-16(15)3-2-4-18(17)22/h2-4,7-9,11-12,15H,5-6,10H2,1H3,(H,25,26,27)/t15-/m0/s1. The zero-order valence-corrected chi connectivity index (χ0v) is 15.4. The van der Waals surface area contributed by atoms with E-state index in [-0.39, 0.29) is 5.82 Å². The molecule has 0 saturated carbocycles. The van der Waals surface area contributed by atoms with E-state index in [1.165, 1.54) is 0 Å². The molecule has 3 aromatic heterocycles. The fraction of sp³-hybridized carbons (Fsp3) is 0.238. The lowest BCUT2D eigenvalue weighted by atomic mass is 10.0. The Kier molecular flexibility index (Phi) is 4.00. The van der Waals surface area contributed by atoms with Crippen molar-refractivity contribution in [1.29, 1.82) is 0 Å². The number of H-pyrrole nitrogens is 1. The predicted octanol–water partition coefficient (Wildman–Crippen LogP) is 3.91. The highest BCUT2D eigenvalue weighted by Crippen LogP contribution is 2.35. The van der Waals surface area contributed by atoms with Gasteiger partial charge in [0.15, 0.2) is 0 Å². The lowest BCUT2D eigenvalue weighted by Crippen LogP contribution is -2.04. The van der Waals surface area contributed by atoms with Gasteiger partial charge in [-0.1, -0.05) is 17.3 Å². The second-order valence-electron chi connectivity index (χ2n) is 7.21. The zero-order chi connectivity index (χ0) is 19.1. The molecule has 1 aromatic carbocycles. The number of pyridine rings is 1. The molecule has 1 aliphatic carbocycles. The van der Waals surface area contributed by atoms with E-state index in [2.05, 4.69) is 29.9 Å². The van der Waals surface area contributed by atoms with Crippen LogP contribution in [-0.4, -0.2) is 29.9 Å². The summed E-state index contributed by atoms with van der Waals surface area (Å²) < 4.78 is 16.0. The van der Waals surface area contributed by atoms with Crippen molar-refractivity contribution in [2.24, 2.45) is 0 Å². The molecule has 0 aliphatic heterocycles. The summed E-state index contributed by atoms with van der Waals surface area (Å²) in [6, 6.07) is 9.27. The molecule has 28 heavy (non-hydrogen) atoms. The summed E-state index contributed by atoms with van der Waals surface area (Å²) >= 11 is 0. The molecule has 6 nitrogen and oxygen atoms in total. The van der Waals surface area contributed by atoms with Crippen molar-refractivity contribution < 1.29 is 4.39 Å². The third-order valence-electron chi connectivity index (χ3n) is 5.42. The van der Waals surface area contributed by atoms with Crippen LogP contribution in [0.25, 0.3) is 22.6 Å². The molecule has 1 atom stereocenters. The monoisotopic (exact) mass is 374 g/mol. The third kappa shape index (κ3) is 2.89. The molecule has 0 fully saturated rings. The molecular formula is C21H19FN6. The number of rotatable bonds is 4. The molecule has 0 radical (unpaired) electrons. The minimum Gasteiger partial charge on any atom is -0.336 e. The molecule has 1 aliphatic rings. The van der Waals surface area contributed by atoms with Gasteiger partial charge >= 0.3 is 0 Å². The van der Waals surface area contributed by atoms with E-state index in [1.807, 2.05) is 37.6 Å². The second-order valence-corrected chi connectivity index (χ2v) is 7.21. The van der Waals surface area contributed by atoms with E-state index in [9.17, 15) is 4.39 Å². The molecule has 0 bridgehead atoms. The molecule has 5 rings (SSSR count). The summed E-state index contributed by atoms with van der Waals surface area (Å²) in [7, 11) is 0. The van der Waals surface area contributed by atoms with Crippen molar-refractivity contribution in [3.8, 4) is 22.6 Å². The first-order chi connectivity index (χ1) is 13.7. The maximum absolute atomic E-state index is 14.0. The molecule has 140 valence electrons. The van der Waals surface area contributed by atoms with E-state index in [0.29, 0.717) is 5.92 Å². The van der Waals surface area contributed by atoms with Gasteiger partial charge in [-0.15, -0.1) is 5.10 Å². The summed E-state index contributed by atoms with van der Waals surface area (Å²) in [6.07, 6.45) is 7.34. The van der Waals surface area contributed by atoms with Crippen LogP contribution in [0.5, 0.6) is 0 Å². The molecule has 3 heterocycles. The van der Waals surface area contributed by atoms with Crippen LogP contribution in [0, 0.1) is 12.7 Å². The first-order valence-electron chi connectivity index (χ1n) is 9.32. The van der Waals surface area contributed by atoms with Crippen LogP contribution in [0.1, 0.15) is 29.2 Å². The Hall–Kier alpha value is -3.35. The summed E-state index contributed by atoms with van der Waals surface area (Å²) in [5.41, 5.74) is 6.26. The number of aromatic amines is 1. The predicted molar refractivity (Wildman–Crippen MR) is 103 cm³/mol. The number of benzene rings is 1. The fourth-order valence-corrected chi connectivity index (χ4v) is 4.00. The lowest BCUT2D eigenvalue weighted by molar-refractivity contribution is 0.555. The first-order valence-corrected chi connectivity index (χ1v) is 9.32. The van der Waals surface area contributed by atoms with Crippen LogP contribution in [0.2, 0.25) is 0 Å². The minimum absolute atomic E-state index is 0.0875. The van der Waals surface area contributed by atoms with Gasteiger partial charge in [0, 0.05) is 30.4 Å². The van der Waals surface area contributed by atoms with Crippen molar-refractivity contribution in [3.05, 3.63) is 71.7 Å². The Morgan fingerprint density at radius 1 is 1.21 bits per heavy atom. The quantitative estimate of drug-likeness (QED) is 0.588. The highest BCUT2D eigenvalue weighted by Gasteiger charge is 2.25. The van der Waals surface area contributed by atoms with Crippen molar-refractivity contribution in [3.63, 3.8) is 0 Å². The van der Waals surface area contributed by atoms with Crippen LogP contribution < -0.4 is 0 Å². The molecule has 1 N–H and O–H groups in total. The highest BCUT2D eigenvalue weighted by atomic mass is 19.1. The maximum atomic E-state index is 14.0. The van der Waals surface area contributed by atoms with E-state index in [0.717, 1.165) is 58.9 Å². The second kappa shape index (κ2) is 6.67. The van der Waals surface area contributed by atoms with Gasteiger partial charge in [-0.25, -0.2) is 9.37 Å². The summed E-state index contributed by atoms with van der Waals surface area (Å²) in [4.78, 5) is 8.99. The molecule has 4 aromatic rings. The van der Waals surface area contributed by atoms with E-state index in [1.54, 1.807) is 18.3 Å². The number of hydrogen-bond donors (Lipinski definition) is 1. The number of halogens is 1. The third-order valence-corrected chi connectivity index (χ3v) is 5.42. The Bertz CT molecular complexity index is 1150. The van der Waals surface area contributed by atoms with Gasteiger partial charge in [0.05, 0.1) is 17.7 Å². The van der Waals surface area contributed by atoms with Gasteiger partial charge in [-0.05, 0) is 49.1 Å². The van der Waals surface area contributed by atoms with Gasteiger partial charge in [0.1, 0.15) is 17.2 Å². The first kappa shape index (κ1) is 16.8. The van der Waals surface area contributed by atoms with Gasteiger partial charge in [0.2, 0.25) is 0 Å². The van der Waals surface area contributed by atoms with Crippen LogP contribution >= 0.6 is 0 Å². The van der Waals surface area contributed by atoms with Crippen molar-refractivity contribution in [2.75, 3.05) is 0 Å². The number of aryl methyl sites for hydroxylation is 1. The Labute approximate surface area is 161 Å². The van der Waals surface area contributed by atoms with E-state index >= 15 is 0 Å². The van der Waals surface area contributed by atoms with Crippen LogP contribution in [0.15, 0.2) is 49.1 Å². The summed E-state index contributed by atoms with van der Waals surface area (Å²) in [5, 5.41) is 10.8. The average Bonchev–Trinajstić information content (AvgIpc) is 3.43. The number of aromatic nitrogens is 6. The Morgan fingerprint density at radius 3 is 3.00 bits per heavy atom.